The summed E-state index contributed by atoms with van der Waals surface area (Å²) in [5, 5.41) is 12.1. The predicted octanol–water partition coefficient (Wildman–Crippen LogP) is 1.88. The summed E-state index contributed by atoms with van der Waals surface area (Å²) in [5.74, 6) is 2.31. The molecule has 0 radical (unpaired) electrons. The van der Waals surface area contributed by atoms with Crippen LogP contribution in [-0.4, -0.2) is 41.8 Å². The zero-order valence-corrected chi connectivity index (χ0v) is 12.2. The van der Waals surface area contributed by atoms with E-state index in [1.165, 1.54) is 6.42 Å². The molecule has 0 aromatic carbocycles. The molecular formula is C12H19BrN4O. The molecule has 0 aliphatic carbocycles. The van der Waals surface area contributed by atoms with Gasteiger partial charge in [-0.05, 0) is 41.1 Å². The molecule has 1 unspecified atom stereocenters. The molecule has 1 aliphatic rings. The summed E-state index contributed by atoms with van der Waals surface area (Å²) in [4.78, 5) is 10.8. The molecule has 6 heteroatoms. The third-order valence-corrected chi connectivity index (χ3v) is 4.09. The number of anilines is 2. The van der Waals surface area contributed by atoms with Crippen molar-refractivity contribution in [2.45, 2.75) is 19.3 Å². The molecule has 1 fully saturated rings. The molecule has 0 spiro atoms. The summed E-state index contributed by atoms with van der Waals surface area (Å²) in [6, 6.07) is 0. The summed E-state index contributed by atoms with van der Waals surface area (Å²) in [5.41, 5.74) is 0. The van der Waals surface area contributed by atoms with E-state index in [2.05, 4.69) is 36.1 Å². The van der Waals surface area contributed by atoms with Crippen molar-refractivity contribution in [2.24, 2.45) is 5.92 Å². The van der Waals surface area contributed by atoms with Gasteiger partial charge in [-0.2, -0.15) is 0 Å². The van der Waals surface area contributed by atoms with Gasteiger partial charge in [-0.1, -0.05) is 0 Å². The molecule has 0 bridgehead atoms. The highest BCUT2D eigenvalue weighted by atomic mass is 79.9. The Morgan fingerprint density at radius 1 is 1.56 bits per heavy atom. The maximum Gasteiger partial charge on any atom is 0.148 e. The number of halogens is 1. The van der Waals surface area contributed by atoms with E-state index in [9.17, 15) is 0 Å². The van der Waals surface area contributed by atoms with Crippen LogP contribution in [0.5, 0.6) is 0 Å². The Labute approximate surface area is 116 Å². The van der Waals surface area contributed by atoms with Crippen molar-refractivity contribution in [1.82, 2.24) is 9.97 Å². The van der Waals surface area contributed by atoms with Gasteiger partial charge in [-0.3, -0.25) is 0 Å². The fraction of sp³-hybridized carbons (Fsp3) is 0.667. The third-order valence-electron chi connectivity index (χ3n) is 3.36. The maximum atomic E-state index is 9.05. The number of rotatable bonds is 4. The van der Waals surface area contributed by atoms with Gasteiger partial charge in [0.1, 0.15) is 22.4 Å². The Kier molecular flexibility index (Phi) is 4.77. The first-order chi connectivity index (χ1) is 8.76. The van der Waals surface area contributed by atoms with Crippen molar-refractivity contribution in [3.8, 4) is 0 Å². The lowest BCUT2D eigenvalue weighted by molar-refractivity contribution is 0.244. The van der Waals surface area contributed by atoms with E-state index in [4.69, 9.17) is 5.11 Å². The van der Waals surface area contributed by atoms with Crippen LogP contribution in [0.25, 0.3) is 0 Å². The normalized spacial score (nSPS) is 19.9. The number of hydrogen-bond donors (Lipinski definition) is 2. The van der Waals surface area contributed by atoms with Crippen molar-refractivity contribution >= 4 is 27.6 Å². The van der Waals surface area contributed by atoms with Crippen molar-refractivity contribution in [1.29, 1.82) is 0 Å². The number of piperidine rings is 1. The van der Waals surface area contributed by atoms with Crippen molar-refractivity contribution in [3.05, 3.63) is 10.8 Å². The fourth-order valence-corrected chi connectivity index (χ4v) is 3.08. The van der Waals surface area contributed by atoms with Crippen LogP contribution in [0.4, 0.5) is 11.6 Å². The number of hydrogen-bond acceptors (Lipinski definition) is 5. The van der Waals surface area contributed by atoms with Crippen LogP contribution in [0.2, 0.25) is 0 Å². The lowest BCUT2D eigenvalue weighted by atomic mass is 9.95. The molecule has 1 atom stereocenters. The highest BCUT2D eigenvalue weighted by Crippen LogP contribution is 2.32. The number of aliphatic hydroxyl groups excluding tert-OH is 1. The molecule has 0 saturated carbocycles. The fourth-order valence-electron chi connectivity index (χ4n) is 2.43. The van der Waals surface area contributed by atoms with Crippen LogP contribution in [-0.2, 0) is 0 Å². The first-order valence-corrected chi connectivity index (χ1v) is 7.09. The zero-order chi connectivity index (χ0) is 13.0. The van der Waals surface area contributed by atoms with Gasteiger partial charge in [0.2, 0.25) is 0 Å². The van der Waals surface area contributed by atoms with E-state index in [1.807, 2.05) is 7.05 Å². The van der Waals surface area contributed by atoms with Crippen molar-refractivity contribution in [3.63, 3.8) is 0 Å². The number of aliphatic hydroxyl groups is 1. The average molecular weight is 315 g/mol. The second-order valence-corrected chi connectivity index (χ2v) is 5.37. The summed E-state index contributed by atoms with van der Waals surface area (Å²) in [6.07, 6.45) is 4.80. The first kappa shape index (κ1) is 13.5. The Balaban J connectivity index is 2.15. The van der Waals surface area contributed by atoms with Gasteiger partial charge in [0.25, 0.3) is 0 Å². The van der Waals surface area contributed by atoms with Crippen LogP contribution in [0, 0.1) is 5.92 Å². The molecule has 1 aliphatic heterocycles. The first-order valence-electron chi connectivity index (χ1n) is 6.30. The van der Waals surface area contributed by atoms with E-state index in [-0.39, 0.29) is 6.61 Å². The summed E-state index contributed by atoms with van der Waals surface area (Å²) >= 11 is 3.56. The van der Waals surface area contributed by atoms with Gasteiger partial charge >= 0.3 is 0 Å². The smallest absolute Gasteiger partial charge is 0.148 e. The SMILES string of the molecule is CNc1ncnc(N2CCCC(CCO)C2)c1Br. The molecular weight excluding hydrogens is 296 g/mol. The highest BCUT2D eigenvalue weighted by molar-refractivity contribution is 9.10. The Hall–Kier alpha value is -0.880. The van der Waals surface area contributed by atoms with E-state index in [1.54, 1.807) is 6.33 Å². The molecule has 100 valence electrons. The zero-order valence-electron chi connectivity index (χ0n) is 10.6. The van der Waals surface area contributed by atoms with Crippen LogP contribution in [0.1, 0.15) is 19.3 Å². The van der Waals surface area contributed by atoms with Crippen molar-refractivity contribution < 1.29 is 5.11 Å². The van der Waals surface area contributed by atoms with Gasteiger partial charge in [0.15, 0.2) is 0 Å². The van der Waals surface area contributed by atoms with Gasteiger partial charge in [-0.15, -0.1) is 0 Å². The minimum atomic E-state index is 0.269. The molecule has 1 aromatic heterocycles. The maximum absolute atomic E-state index is 9.05. The van der Waals surface area contributed by atoms with Crippen molar-refractivity contribution in [2.75, 3.05) is 37.0 Å². The summed E-state index contributed by atoms with van der Waals surface area (Å²) in [6.45, 7) is 2.24. The Morgan fingerprint density at radius 3 is 3.11 bits per heavy atom. The molecule has 2 N–H and O–H groups in total. The monoisotopic (exact) mass is 314 g/mol. The van der Waals surface area contributed by atoms with Gasteiger partial charge in [0, 0.05) is 26.7 Å². The second-order valence-electron chi connectivity index (χ2n) is 4.58. The largest absolute Gasteiger partial charge is 0.396 e. The van der Waals surface area contributed by atoms with E-state index < -0.39 is 0 Å². The minimum absolute atomic E-state index is 0.269. The minimum Gasteiger partial charge on any atom is -0.396 e. The molecule has 18 heavy (non-hydrogen) atoms. The van der Waals surface area contributed by atoms with Gasteiger partial charge in [-0.25, -0.2) is 9.97 Å². The van der Waals surface area contributed by atoms with Gasteiger partial charge < -0.3 is 15.3 Å². The van der Waals surface area contributed by atoms with Crippen LogP contribution in [0.15, 0.2) is 10.8 Å². The number of nitrogens with one attached hydrogen (secondary N) is 1. The lowest BCUT2D eigenvalue weighted by Gasteiger charge is -2.34. The van der Waals surface area contributed by atoms with E-state index in [0.29, 0.717) is 5.92 Å². The second kappa shape index (κ2) is 6.33. The summed E-state index contributed by atoms with van der Waals surface area (Å²) in [7, 11) is 1.85. The van der Waals surface area contributed by atoms with E-state index >= 15 is 0 Å². The quantitative estimate of drug-likeness (QED) is 0.888. The summed E-state index contributed by atoms with van der Waals surface area (Å²) < 4.78 is 0.914. The molecule has 1 saturated heterocycles. The molecule has 2 rings (SSSR count). The Morgan fingerprint density at radius 2 is 2.39 bits per heavy atom. The molecule has 0 amide bonds. The Bertz CT molecular complexity index is 400. The third kappa shape index (κ3) is 2.92. The van der Waals surface area contributed by atoms with E-state index in [0.717, 1.165) is 42.0 Å². The topological polar surface area (TPSA) is 61.3 Å². The molecule has 1 aromatic rings. The van der Waals surface area contributed by atoms with Crippen LogP contribution in [0.3, 0.4) is 0 Å². The van der Waals surface area contributed by atoms with Crippen LogP contribution < -0.4 is 10.2 Å². The number of aromatic nitrogens is 2. The van der Waals surface area contributed by atoms with Crippen LogP contribution >= 0.6 is 15.9 Å². The predicted molar refractivity (Wildman–Crippen MR) is 75.9 cm³/mol. The number of nitrogens with zero attached hydrogens (tertiary/aromatic N) is 3. The lowest BCUT2D eigenvalue weighted by Crippen LogP contribution is -2.36. The highest BCUT2D eigenvalue weighted by Gasteiger charge is 2.23. The average Bonchev–Trinajstić information content (AvgIpc) is 2.40. The van der Waals surface area contributed by atoms with Gasteiger partial charge in [0.05, 0.1) is 0 Å². The molecule has 2 heterocycles. The standard InChI is InChI=1S/C12H19BrN4O/c1-14-11-10(13)12(16-8-15-11)17-5-2-3-9(7-17)4-6-18/h8-9,18H,2-7H2,1H3,(H,14,15,16). The molecule has 5 nitrogen and oxygen atoms in total.